The maximum Gasteiger partial charge on any atom is 0.125 e. The number of nitrogens with two attached hydrogens (primary N) is 1. The molecule has 0 aromatic heterocycles. The number of anilines is 1. The standard InChI is InChI=1S/C13H19FN2/c14-12-8-11(4-5-15)9-13(10-12)16-6-2-1-3-7-16/h8-10H,1-7,15H2. The molecule has 0 amide bonds. The molecule has 16 heavy (non-hydrogen) atoms. The average Bonchev–Trinajstić information content (AvgIpc) is 2.30. The first-order valence-corrected chi connectivity index (χ1v) is 6.04. The van der Waals surface area contributed by atoms with Crippen LogP contribution in [0.5, 0.6) is 0 Å². The van der Waals surface area contributed by atoms with Crippen LogP contribution in [-0.2, 0) is 6.42 Å². The molecule has 0 aliphatic carbocycles. The lowest BCUT2D eigenvalue weighted by Gasteiger charge is -2.29. The zero-order chi connectivity index (χ0) is 11.4. The lowest BCUT2D eigenvalue weighted by molar-refractivity contribution is 0.573. The third kappa shape index (κ3) is 2.73. The van der Waals surface area contributed by atoms with Gasteiger partial charge in [-0.3, -0.25) is 0 Å². The Labute approximate surface area is 96.2 Å². The van der Waals surface area contributed by atoms with Crippen LogP contribution in [0.2, 0.25) is 0 Å². The van der Waals surface area contributed by atoms with E-state index in [4.69, 9.17) is 5.73 Å². The van der Waals surface area contributed by atoms with Gasteiger partial charge in [0.2, 0.25) is 0 Å². The smallest absolute Gasteiger partial charge is 0.125 e. The first-order valence-electron chi connectivity index (χ1n) is 6.04. The number of nitrogens with zero attached hydrogens (tertiary/aromatic N) is 1. The predicted molar refractivity (Wildman–Crippen MR) is 65.2 cm³/mol. The van der Waals surface area contributed by atoms with E-state index in [0.717, 1.165) is 30.8 Å². The van der Waals surface area contributed by atoms with Gasteiger partial charge in [0.25, 0.3) is 0 Å². The van der Waals surface area contributed by atoms with Crippen molar-refractivity contribution in [2.45, 2.75) is 25.7 Å². The molecular formula is C13H19FN2. The summed E-state index contributed by atoms with van der Waals surface area (Å²) in [7, 11) is 0. The largest absolute Gasteiger partial charge is 0.371 e. The zero-order valence-electron chi connectivity index (χ0n) is 9.58. The maximum absolute atomic E-state index is 13.4. The molecule has 2 rings (SSSR count). The summed E-state index contributed by atoms with van der Waals surface area (Å²) in [5.74, 6) is -0.147. The molecule has 0 unspecified atom stereocenters. The van der Waals surface area contributed by atoms with E-state index in [9.17, 15) is 4.39 Å². The minimum Gasteiger partial charge on any atom is -0.371 e. The third-order valence-electron chi connectivity index (χ3n) is 3.10. The highest BCUT2D eigenvalue weighted by molar-refractivity contribution is 5.49. The van der Waals surface area contributed by atoms with Crippen LogP contribution in [0.3, 0.4) is 0 Å². The van der Waals surface area contributed by atoms with E-state index in [1.54, 1.807) is 12.1 Å². The summed E-state index contributed by atoms with van der Waals surface area (Å²) in [6.07, 6.45) is 4.46. The number of hydrogen-bond acceptors (Lipinski definition) is 2. The van der Waals surface area contributed by atoms with Crippen LogP contribution >= 0.6 is 0 Å². The normalized spacial score (nSPS) is 16.5. The van der Waals surface area contributed by atoms with E-state index < -0.39 is 0 Å². The fraction of sp³-hybridized carbons (Fsp3) is 0.538. The van der Waals surface area contributed by atoms with E-state index in [-0.39, 0.29) is 5.82 Å². The third-order valence-corrected chi connectivity index (χ3v) is 3.10. The Morgan fingerprint density at radius 3 is 2.56 bits per heavy atom. The summed E-state index contributed by atoms with van der Waals surface area (Å²) >= 11 is 0. The van der Waals surface area contributed by atoms with E-state index in [1.807, 2.05) is 0 Å². The average molecular weight is 222 g/mol. The van der Waals surface area contributed by atoms with Gasteiger partial charge in [-0.25, -0.2) is 4.39 Å². The van der Waals surface area contributed by atoms with Crippen LogP contribution in [0.25, 0.3) is 0 Å². The summed E-state index contributed by atoms with van der Waals surface area (Å²) in [6.45, 7) is 2.67. The highest BCUT2D eigenvalue weighted by atomic mass is 19.1. The van der Waals surface area contributed by atoms with Gasteiger partial charge in [-0.2, -0.15) is 0 Å². The quantitative estimate of drug-likeness (QED) is 0.850. The van der Waals surface area contributed by atoms with E-state index in [2.05, 4.69) is 11.0 Å². The van der Waals surface area contributed by atoms with Crippen molar-refractivity contribution >= 4 is 5.69 Å². The van der Waals surface area contributed by atoms with Crippen molar-refractivity contribution in [3.05, 3.63) is 29.6 Å². The van der Waals surface area contributed by atoms with Crippen LogP contribution in [0, 0.1) is 5.82 Å². The van der Waals surface area contributed by atoms with Crippen LogP contribution < -0.4 is 10.6 Å². The number of benzene rings is 1. The Kier molecular flexibility index (Phi) is 3.78. The minimum absolute atomic E-state index is 0.147. The van der Waals surface area contributed by atoms with E-state index in [1.165, 1.54) is 19.3 Å². The van der Waals surface area contributed by atoms with Crippen molar-refractivity contribution < 1.29 is 4.39 Å². The van der Waals surface area contributed by atoms with Gasteiger partial charge in [0.1, 0.15) is 5.82 Å². The fourth-order valence-corrected chi connectivity index (χ4v) is 2.28. The summed E-state index contributed by atoms with van der Waals surface area (Å²) in [5.41, 5.74) is 7.52. The molecule has 0 radical (unpaired) electrons. The summed E-state index contributed by atoms with van der Waals surface area (Å²) < 4.78 is 13.4. The number of hydrogen-bond donors (Lipinski definition) is 1. The SMILES string of the molecule is NCCc1cc(F)cc(N2CCCCC2)c1. The molecule has 0 saturated carbocycles. The molecule has 1 aromatic rings. The molecule has 0 bridgehead atoms. The summed E-state index contributed by atoms with van der Waals surface area (Å²) in [6, 6.07) is 5.28. The Bertz CT molecular complexity index is 346. The van der Waals surface area contributed by atoms with Crippen molar-refractivity contribution in [2.24, 2.45) is 5.73 Å². The van der Waals surface area contributed by atoms with Gasteiger partial charge in [-0.1, -0.05) is 0 Å². The molecule has 0 atom stereocenters. The second-order valence-electron chi connectivity index (χ2n) is 4.40. The monoisotopic (exact) mass is 222 g/mol. The van der Waals surface area contributed by atoms with Gasteiger partial charge in [-0.15, -0.1) is 0 Å². The lowest BCUT2D eigenvalue weighted by atomic mass is 10.1. The second-order valence-corrected chi connectivity index (χ2v) is 4.40. The van der Waals surface area contributed by atoms with Crippen molar-refractivity contribution in [3.8, 4) is 0 Å². The molecule has 3 heteroatoms. The van der Waals surface area contributed by atoms with Crippen molar-refractivity contribution in [3.63, 3.8) is 0 Å². The zero-order valence-corrected chi connectivity index (χ0v) is 9.58. The molecule has 1 fully saturated rings. The Morgan fingerprint density at radius 1 is 1.12 bits per heavy atom. The molecule has 0 spiro atoms. The molecule has 1 aliphatic rings. The highest BCUT2D eigenvalue weighted by Crippen LogP contribution is 2.22. The highest BCUT2D eigenvalue weighted by Gasteiger charge is 2.12. The van der Waals surface area contributed by atoms with Crippen molar-refractivity contribution in [1.82, 2.24) is 0 Å². The van der Waals surface area contributed by atoms with Gasteiger partial charge < -0.3 is 10.6 Å². The summed E-state index contributed by atoms with van der Waals surface area (Å²) in [5, 5.41) is 0. The topological polar surface area (TPSA) is 29.3 Å². The van der Waals surface area contributed by atoms with Gasteiger partial charge in [0.15, 0.2) is 0 Å². The van der Waals surface area contributed by atoms with Gasteiger partial charge in [-0.05, 0) is 56.0 Å². The number of rotatable bonds is 3. The number of piperidine rings is 1. The maximum atomic E-state index is 13.4. The number of halogens is 1. The van der Waals surface area contributed by atoms with Crippen LogP contribution in [-0.4, -0.2) is 19.6 Å². The van der Waals surface area contributed by atoms with Crippen molar-refractivity contribution in [1.29, 1.82) is 0 Å². The second kappa shape index (κ2) is 5.30. The lowest BCUT2D eigenvalue weighted by Crippen LogP contribution is -2.29. The summed E-state index contributed by atoms with van der Waals surface area (Å²) in [4.78, 5) is 2.27. The van der Waals surface area contributed by atoms with E-state index >= 15 is 0 Å². The van der Waals surface area contributed by atoms with Gasteiger partial charge in [0.05, 0.1) is 0 Å². The Morgan fingerprint density at radius 2 is 1.88 bits per heavy atom. The van der Waals surface area contributed by atoms with Crippen molar-refractivity contribution in [2.75, 3.05) is 24.5 Å². The molecule has 88 valence electrons. The van der Waals surface area contributed by atoms with Crippen LogP contribution in [0.15, 0.2) is 18.2 Å². The molecule has 1 heterocycles. The first kappa shape index (κ1) is 11.4. The molecule has 2 nitrogen and oxygen atoms in total. The molecule has 2 N–H and O–H groups in total. The Hall–Kier alpha value is -1.09. The van der Waals surface area contributed by atoms with Crippen LogP contribution in [0.1, 0.15) is 24.8 Å². The van der Waals surface area contributed by atoms with Gasteiger partial charge in [0, 0.05) is 18.8 Å². The molecule has 1 saturated heterocycles. The fourth-order valence-electron chi connectivity index (χ4n) is 2.28. The molecule has 1 aromatic carbocycles. The van der Waals surface area contributed by atoms with Crippen LogP contribution in [0.4, 0.5) is 10.1 Å². The minimum atomic E-state index is -0.147. The Balaban J connectivity index is 2.18. The van der Waals surface area contributed by atoms with Gasteiger partial charge >= 0.3 is 0 Å². The molecule has 1 aliphatic heterocycles. The first-order chi connectivity index (χ1) is 7.79. The molecular weight excluding hydrogens is 203 g/mol. The van der Waals surface area contributed by atoms with E-state index in [0.29, 0.717) is 6.54 Å². The predicted octanol–water partition coefficient (Wildman–Crippen LogP) is 2.32.